The van der Waals surface area contributed by atoms with Crippen LogP contribution in [0.3, 0.4) is 0 Å². The number of hydrogen-bond donors (Lipinski definition) is 0. The molecule has 0 N–H and O–H groups in total. The van der Waals surface area contributed by atoms with E-state index < -0.39 is 26.4 Å². The van der Waals surface area contributed by atoms with E-state index >= 15 is 4.39 Å². The first kappa shape index (κ1) is 29.6. The van der Waals surface area contributed by atoms with E-state index in [-0.39, 0.29) is 37.6 Å². The van der Waals surface area contributed by atoms with Crippen molar-refractivity contribution in [2.75, 3.05) is 6.61 Å². The predicted molar refractivity (Wildman–Crippen MR) is 148 cm³/mol. The van der Waals surface area contributed by atoms with E-state index in [0.29, 0.717) is 6.61 Å². The number of phosphoric acid groups is 1. The minimum atomic E-state index is -3.94. The molecule has 0 aliphatic carbocycles. The van der Waals surface area contributed by atoms with Crippen LogP contribution in [-0.2, 0) is 47.4 Å². The van der Waals surface area contributed by atoms with Gasteiger partial charge in [-0.05, 0) is 28.5 Å². The molecule has 6 atom stereocenters. The molecule has 39 heavy (non-hydrogen) atoms. The Balaban J connectivity index is 1.36. The molecule has 3 aromatic rings. The van der Waals surface area contributed by atoms with Crippen LogP contribution in [0.25, 0.3) is 0 Å². The van der Waals surface area contributed by atoms with Gasteiger partial charge in [0.2, 0.25) is 6.36 Å². The minimum absolute atomic E-state index is 0.0187. The van der Waals surface area contributed by atoms with E-state index in [1.807, 2.05) is 112 Å². The van der Waals surface area contributed by atoms with E-state index in [1.165, 1.54) is 0 Å². The highest BCUT2D eigenvalue weighted by atomic mass is 31.2. The normalized spacial score (nSPS) is 24.4. The predicted octanol–water partition coefficient (Wildman–Crippen LogP) is 7.73. The zero-order valence-electron chi connectivity index (χ0n) is 22.7. The fourth-order valence-electron chi connectivity index (χ4n) is 4.71. The van der Waals surface area contributed by atoms with Gasteiger partial charge in [0.15, 0.2) is 0 Å². The summed E-state index contributed by atoms with van der Waals surface area (Å²) in [5, 5.41) is 0. The minimum Gasteiger partial charge on any atom is -0.368 e. The van der Waals surface area contributed by atoms with E-state index in [4.69, 9.17) is 23.0 Å². The summed E-state index contributed by atoms with van der Waals surface area (Å²) in [6.07, 6.45) is -2.72. The number of phosphoric ester groups is 1. The van der Waals surface area contributed by atoms with E-state index in [0.717, 1.165) is 16.7 Å². The van der Waals surface area contributed by atoms with Crippen molar-refractivity contribution in [1.82, 2.24) is 0 Å². The molecule has 210 valence electrons. The Hall–Kier alpha value is -2.38. The highest BCUT2D eigenvalue weighted by Gasteiger charge is 2.45. The number of rotatable bonds is 13. The van der Waals surface area contributed by atoms with Crippen LogP contribution in [0.15, 0.2) is 91.0 Å². The van der Waals surface area contributed by atoms with Gasteiger partial charge in [-0.25, -0.2) is 8.96 Å². The second-order valence-corrected chi connectivity index (χ2v) is 11.8. The lowest BCUT2D eigenvalue weighted by molar-refractivity contribution is -0.246. The van der Waals surface area contributed by atoms with E-state index in [1.54, 1.807) is 0 Å². The summed E-state index contributed by atoms with van der Waals surface area (Å²) in [4.78, 5) is 0. The van der Waals surface area contributed by atoms with Gasteiger partial charge in [-0.15, -0.1) is 0 Å². The Bertz CT molecular complexity index is 1120. The molecule has 6 nitrogen and oxygen atoms in total. The number of hydrogen-bond acceptors (Lipinski definition) is 6. The summed E-state index contributed by atoms with van der Waals surface area (Å²) in [6, 6.07) is 28.5. The van der Waals surface area contributed by atoms with Crippen molar-refractivity contribution in [2.45, 2.75) is 59.2 Å². The molecule has 1 saturated heterocycles. The standard InChI is InChI=1S/C31H38FO6P/c1-23(29-24(2)25(3)30(31(32)38-29)34-20-26-13-7-4-8-14-26)19-35-39(33,36-21-27-15-9-5-10-16-27)37-22-28-17-11-6-12-18-28/h4-18,23-25,29-31H,19-22H2,1-3H3/t23-,24+,25?,29?,30-,31?/m1/s1. The first-order chi connectivity index (χ1) is 18.8. The molecule has 0 bridgehead atoms. The first-order valence-electron chi connectivity index (χ1n) is 13.4. The molecule has 1 aliphatic rings. The van der Waals surface area contributed by atoms with Gasteiger partial charge in [-0.3, -0.25) is 13.6 Å². The third-order valence-electron chi connectivity index (χ3n) is 7.22. The first-order valence-corrected chi connectivity index (χ1v) is 14.9. The summed E-state index contributed by atoms with van der Waals surface area (Å²) in [5.74, 6) is -0.392. The van der Waals surface area contributed by atoms with Crippen LogP contribution in [0.1, 0.15) is 37.5 Å². The Morgan fingerprint density at radius 3 is 1.69 bits per heavy atom. The van der Waals surface area contributed by atoms with Crippen molar-refractivity contribution >= 4 is 7.82 Å². The van der Waals surface area contributed by atoms with Crippen molar-refractivity contribution in [3.8, 4) is 0 Å². The SMILES string of the molecule is CC1[C@H](C)C([C@H](C)COP(=O)(OCc2ccccc2)OCc2ccccc2)OC(F)[C@@H]1OCc1ccccc1. The molecule has 1 aliphatic heterocycles. The van der Waals surface area contributed by atoms with Crippen LogP contribution >= 0.6 is 7.82 Å². The highest BCUT2D eigenvalue weighted by Crippen LogP contribution is 2.51. The molecular weight excluding hydrogens is 518 g/mol. The summed E-state index contributed by atoms with van der Waals surface area (Å²) in [6.45, 7) is 6.37. The van der Waals surface area contributed by atoms with Gasteiger partial charge in [0.05, 0.1) is 32.5 Å². The molecule has 0 aromatic heterocycles. The highest BCUT2D eigenvalue weighted by molar-refractivity contribution is 7.48. The van der Waals surface area contributed by atoms with Gasteiger partial charge < -0.3 is 9.47 Å². The summed E-state index contributed by atoms with van der Waals surface area (Å²) >= 11 is 0. The second kappa shape index (κ2) is 14.3. The summed E-state index contributed by atoms with van der Waals surface area (Å²) in [5.41, 5.74) is 2.67. The van der Waals surface area contributed by atoms with Crippen LogP contribution < -0.4 is 0 Å². The zero-order chi connectivity index (χ0) is 27.7. The van der Waals surface area contributed by atoms with Crippen LogP contribution in [0, 0.1) is 17.8 Å². The lowest BCUT2D eigenvalue weighted by atomic mass is 9.79. The number of alkyl halides is 1. The van der Waals surface area contributed by atoms with Crippen molar-refractivity contribution < 1.29 is 32.0 Å². The number of halogens is 1. The van der Waals surface area contributed by atoms with Crippen molar-refractivity contribution in [2.24, 2.45) is 17.8 Å². The third-order valence-corrected chi connectivity index (χ3v) is 8.57. The molecule has 8 heteroatoms. The Kier molecular flexibility index (Phi) is 10.9. The van der Waals surface area contributed by atoms with Gasteiger partial charge in [-0.1, -0.05) is 112 Å². The van der Waals surface area contributed by atoms with Crippen LogP contribution in [0.5, 0.6) is 0 Å². The Labute approximate surface area is 231 Å². The maximum Gasteiger partial charge on any atom is 0.475 e. The molecule has 3 aromatic carbocycles. The molecule has 0 amide bonds. The number of benzene rings is 3. The van der Waals surface area contributed by atoms with Gasteiger partial charge in [0.1, 0.15) is 6.10 Å². The van der Waals surface area contributed by atoms with Gasteiger partial charge in [0, 0.05) is 5.92 Å². The van der Waals surface area contributed by atoms with Gasteiger partial charge in [0.25, 0.3) is 0 Å². The maximum absolute atomic E-state index is 15.2. The fourth-order valence-corrected chi connectivity index (χ4v) is 5.96. The van der Waals surface area contributed by atoms with Crippen molar-refractivity contribution in [1.29, 1.82) is 0 Å². The smallest absolute Gasteiger partial charge is 0.368 e. The molecule has 0 spiro atoms. The monoisotopic (exact) mass is 556 g/mol. The van der Waals surface area contributed by atoms with Crippen molar-refractivity contribution in [3.63, 3.8) is 0 Å². The summed E-state index contributed by atoms with van der Waals surface area (Å²) in [7, 11) is -3.94. The van der Waals surface area contributed by atoms with Crippen molar-refractivity contribution in [3.05, 3.63) is 108 Å². The quantitative estimate of drug-likeness (QED) is 0.201. The molecule has 1 heterocycles. The Morgan fingerprint density at radius 1 is 0.744 bits per heavy atom. The van der Waals surface area contributed by atoms with Crippen LogP contribution in [0.2, 0.25) is 0 Å². The molecule has 1 fully saturated rings. The molecule has 0 saturated carbocycles. The molecule has 3 unspecified atom stereocenters. The fraction of sp³-hybridized carbons (Fsp3) is 0.419. The van der Waals surface area contributed by atoms with Gasteiger partial charge >= 0.3 is 7.82 Å². The molecular formula is C31H38FO6P. The zero-order valence-corrected chi connectivity index (χ0v) is 23.6. The lowest BCUT2D eigenvalue weighted by Gasteiger charge is -2.43. The van der Waals surface area contributed by atoms with E-state index in [9.17, 15) is 4.57 Å². The van der Waals surface area contributed by atoms with E-state index in [2.05, 4.69) is 0 Å². The Morgan fingerprint density at radius 2 is 1.21 bits per heavy atom. The average molecular weight is 557 g/mol. The maximum atomic E-state index is 15.2. The summed E-state index contributed by atoms with van der Waals surface area (Å²) < 4.78 is 57.8. The topological polar surface area (TPSA) is 63.2 Å². The lowest BCUT2D eigenvalue weighted by Crippen LogP contribution is -2.51. The second-order valence-electron chi connectivity index (χ2n) is 10.2. The number of ether oxygens (including phenoxy) is 2. The molecule has 4 rings (SSSR count). The molecule has 0 radical (unpaired) electrons. The van der Waals surface area contributed by atoms with Gasteiger partial charge in [-0.2, -0.15) is 0 Å². The largest absolute Gasteiger partial charge is 0.475 e. The van der Waals surface area contributed by atoms with Crippen LogP contribution in [0.4, 0.5) is 4.39 Å². The average Bonchev–Trinajstić information content (AvgIpc) is 2.97. The third kappa shape index (κ3) is 8.55. The van der Waals surface area contributed by atoms with Crippen LogP contribution in [-0.4, -0.2) is 25.2 Å².